The highest BCUT2D eigenvalue weighted by atomic mass is 35.5. The number of urea groups is 1. The van der Waals surface area contributed by atoms with Crippen LogP contribution in [0, 0.1) is 0 Å². The summed E-state index contributed by atoms with van der Waals surface area (Å²) in [7, 11) is 0. The second-order valence-corrected chi connectivity index (χ2v) is 3.94. The summed E-state index contributed by atoms with van der Waals surface area (Å²) in [6.45, 7) is 0. The molecule has 0 spiro atoms. The van der Waals surface area contributed by atoms with Gasteiger partial charge in [-0.25, -0.2) is 4.79 Å². The third kappa shape index (κ3) is 2.93. The molecule has 0 aliphatic carbocycles. The van der Waals surface area contributed by atoms with Crippen LogP contribution in [0.4, 0.5) is 16.4 Å². The van der Waals surface area contributed by atoms with Gasteiger partial charge < -0.3 is 9.73 Å². The van der Waals surface area contributed by atoms with Crippen LogP contribution < -0.4 is 10.6 Å². The number of hydrogen-bond donors (Lipinski definition) is 2. The number of hydrogen-bond acceptors (Lipinski definition) is 2. The summed E-state index contributed by atoms with van der Waals surface area (Å²) in [5.74, 6) is 0.348. The minimum atomic E-state index is -0.455. The fourth-order valence-electron chi connectivity index (χ4n) is 1.22. The molecular formula is C11H8Cl2N2O2. The Hall–Kier alpha value is -1.65. The zero-order valence-electron chi connectivity index (χ0n) is 8.54. The van der Waals surface area contributed by atoms with E-state index >= 15 is 0 Å². The molecule has 0 aliphatic heterocycles. The van der Waals surface area contributed by atoms with E-state index in [1.165, 1.54) is 6.26 Å². The average Bonchev–Trinajstić information content (AvgIpc) is 2.77. The van der Waals surface area contributed by atoms with E-state index in [0.29, 0.717) is 21.6 Å². The zero-order valence-corrected chi connectivity index (χ0v) is 10.0. The molecule has 2 aromatic rings. The van der Waals surface area contributed by atoms with E-state index in [0.717, 1.165) is 0 Å². The van der Waals surface area contributed by atoms with Crippen LogP contribution in [0.15, 0.2) is 41.0 Å². The molecule has 1 heterocycles. The van der Waals surface area contributed by atoms with Gasteiger partial charge >= 0.3 is 6.03 Å². The summed E-state index contributed by atoms with van der Waals surface area (Å²) < 4.78 is 4.96. The van der Waals surface area contributed by atoms with Crippen LogP contribution in [0.3, 0.4) is 0 Å². The lowest BCUT2D eigenvalue weighted by molar-refractivity contribution is 0.261. The van der Waals surface area contributed by atoms with Crippen LogP contribution in [0.5, 0.6) is 0 Å². The quantitative estimate of drug-likeness (QED) is 0.858. The maximum absolute atomic E-state index is 11.6. The first-order valence-corrected chi connectivity index (χ1v) is 5.48. The number of carbonyl (C=O) groups excluding carboxylic acids is 1. The van der Waals surface area contributed by atoms with Crippen LogP contribution in [0.25, 0.3) is 0 Å². The predicted octanol–water partition coefficient (Wildman–Crippen LogP) is 4.23. The number of halogens is 2. The van der Waals surface area contributed by atoms with Crippen molar-refractivity contribution in [3.05, 3.63) is 46.6 Å². The topological polar surface area (TPSA) is 54.3 Å². The van der Waals surface area contributed by atoms with Crippen molar-refractivity contribution >= 4 is 40.8 Å². The van der Waals surface area contributed by atoms with Crippen LogP contribution in [0.1, 0.15) is 0 Å². The van der Waals surface area contributed by atoms with Crippen molar-refractivity contribution < 1.29 is 9.21 Å². The number of nitrogens with one attached hydrogen (secondary N) is 2. The molecule has 4 nitrogen and oxygen atoms in total. The summed E-state index contributed by atoms with van der Waals surface area (Å²) in [6.07, 6.45) is 1.46. The first kappa shape index (κ1) is 11.8. The normalized spacial score (nSPS) is 10.0. The Morgan fingerprint density at radius 3 is 2.65 bits per heavy atom. The average molecular weight is 271 g/mol. The second kappa shape index (κ2) is 5.12. The number of anilines is 2. The Bertz CT molecular complexity index is 526. The molecule has 0 unspecified atom stereocenters. The van der Waals surface area contributed by atoms with Gasteiger partial charge in [-0.15, -0.1) is 0 Å². The molecule has 0 radical (unpaired) electrons. The molecule has 0 saturated carbocycles. The van der Waals surface area contributed by atoms with E-state index in [9.17, 15) is 4.79 Å². The van der Waals surface area contributed by atoms with Gasteiger partial charge in [-0.3, -0.25) is 5.32 Å². The van der Waals surface area contributed by atoms with E-state index in [1.54, 1.807) is 30.3 Å². The van der Waals surface area contributed by atoms with Gasteiger partial charge in [0.1, 0.15) is 0 Å². The van der Waals surface area contributed by atoms with Gasteiger partial charge in [-0.2, -0.15) is 0 Å². The molecule has 17 heavy (non-hydrogen) atoms. The molecule has 0 bridgehead atoms. The van der Waals surface area contributed by atoms with E-state index < -0.39 is 6.03 Å². The Kier molecular flexibility index (Phi) is 3.56. The van der Waals surface area contributed by atoms with Crippen LogP contribution in [-0.2, 0) is 0 Å². The molecule has 88 valence electrons. The fraction of sp³-hybridized carbons (Fsp3) is 0. The smallest absolute Gasteiger partial charge is 0.326 e. The van der Waals surface area contributed by atoms with Gasteiger partial charge in [0, 0.05) is 6.07 Å². The van der Waals surface area contributed by atoms with Crippen molar-refractivity contribution in [2.24, 2.45) is 0 Å². The lowest BCUT2D eigenvalue weighted by Gasteiger charge is -2.07. The van der Waals surface area contributed by atoms with Gasteiger partial charge in [0.2, 0.25) is 5.88 Å². The second-order valence-electron chi connectivity index (χ2n) is 3.16. The molecule has 0 fully saturated rings. The SMILES string of the molecule is O=C(Nc1ccco1)Nc1cccc(Cl)c1Cl. The Labute approximate surface area is 108 Å². The van der Waals surface area contributed by atoms with Gasteiger partial charge in [-0.05, 0) is 18.2 Å². The maximum atomic E-state index is 11.6. The van der Waals surface area contributed by atoms with E-state index in [2.05, 4.69) is 10.6 Å². The standard InChI is InChI=1S/C11H8Cl2N2O2/c12-7-3-1-4-8(10(7)13)14-11(16)15-9-5-2-6-17-9/h1-6H,(H2,14,15,16). The van der Waals surface area contributed by atoms with Gasteiger partial charge in [0.25, 0.3) is 0 Å². The van der Waals surface area contributed by atoms with Gasteiger partial charge in [0.05, 0.1) is 22.0 Å². The summed E-state index contributed by atoms with van der Waals surface area (Å²) >= 11 is 11.7. The van der Waals surface area contributed by atoms with E-state index in [-0.39, 0.29) is 0 Å². The highest BCUT2D eigenvalue weighted by Gasteiger charge is 2.08. The molecule has 1 aromatic heterocycles. The molecule has 6 heteroatoms. The number of benzene rings is 1. The first-order valence-electron chi connectivity index (χ1n) is 4.72. The molecule has 2 rings (SSSR count). The summed E-state index contributed by atoms with van der Waals surface area (Å²) in [4.78, 5) is 11.6. The summed E-state index contributed by atoms with van der Waals surface area (Å²) in [5, 5.41) is 5.73. The van der Waals surface area contributed by atoms with Crippen molar-refractivity contribution in [3.8, 4) is 0 Å². The highest BCUT2D eigenvalue weighted by Crippen LogP contribution is 2.29. The Morgan fingerprint density at radius 2 is 1.94 bits per heavy atom. The molecule has 0 aliphatic rings. The number of amides is 2. The van der Waals surface area contributed by atoms with Crippen molar-refractivity contribution in [1.82, 2.24) is 0 Å². The van der Waals surface area contributed by atoms with Gasteiger partial charge in [-0.1, -0.05) is 29.3 Å². The van der Waals surface area contributed by atoms with Crippen LogP contribution >= 0.6 is 23.2 Å². The lowest BCUT2D eigenvalue weighted by Crippen LogP contribution is -2.19. The monoisotopic (exact) mass is 270 g/mol. The van der Waals surface area contributed by atoms with E-state index in [4.69, 9.17) is 27.6 Å². The fourth-order valence-corrected chi connectivity index (χ4v) is 1.56. The van der Waals surface area contributed by atoms with Crippen molar-refractivity contribution in [1.29, 1.82) is 0 Å². The summed E-state index contributed by atoms with van der Waals surface area (Å²) in [6, 6.07) is 7.82. The van der Waals surface area contributed by atoms with E-state index in [1.807, 2.05) is 0 Å². The minimum Gasteiger partial charge on any atom is -0.449 e. The van der Waals surface area contributed by atoms with Crippen molar-refractivity contribution in [2.75, 3.05) is 10.6 Å². The van der Waals surface area contributed by atoms with Crippen molar-refractivity contribution in [3.63, 3.8) is 0 Å². The van der Waals surface area contributed by atoms with Crippen LogP contribution in [0.2, 0.25) is 10.0 Å². The summed E-state index contributed by atoms with van der Waals surface area (Å²) in [5.41, 5.74) is 0.434. The predicted molar refractivity (Wildman–Crippen MR) is 67.8 cm³/mol. The minimum absolute atomic E-state index is 0.295. The Morgan fingerprint density at radius 1 is 1.12 bits per heavy atom. The van der Waals surface area contributed by atoms with Crippen molar-refractivity contribution in [2.45, 2.75) is 0 Å². The van der Waals surface area contributed by atoms with Gasteiger partial charge in [0.15, 0.2) is 0 Å². The lowest BCUT2D eigenvalue weighted by atomic mass is 10.3. The zero-order chi connectivity index (χ0) is 12.3. The number of carbonyl (C=O) groups is 1. The first-order chi connectivity index (χ1) is 8.16. The number of rotatable bonds is 2. The number of furan rings is 1. The maximum Gasteiger partial charge on any atom is 0.326 e. The third-order valence-electron chi connectivity index (χ3n) is 1.96. The molecule has 1 aromatic carbocycles. The molecular weight excluding hydrogens is 263 g/mol. The highest BCUT2D eigenvalue weighted by molar-refractivity contribution is 6.44. The molecule has 2 amide bonds. The molecule has 0 saturated heterocycles. The molecule has 2 N–H and O–H groups in total. The van der Waals surface area contributed by atoms with Crippen LogP contribution in [-0.4, -0.2) is 6.03 Å². The Balaban J connectivity index is 2.06. The largest absolute Gasteiger partial charge is 0.449 e. The molecule has 0 atom stereocenters. The third-order valence-corrected chi connectivity index (χ3v) is 2.78.